The number of amides is 2. The predicted octanol–water partition coefficient (Wildman–Crippen LogP) is 8.25. The van der Waals surface area contributed by atoms with Crippen LogP contribution in [0.2, 0.25) is 0 Å². The molecule has 39 heavy (non-hydrogen) atoms. The van der Waals surface area contributed by atoms with E-state index in [0.29, 0.717) is 21.3 Å². The summed E-state index contributed by atoms with van der Waals surface area (Å²) in [6.45, 7) is 14.6. The van der Waals surface area contributed by atoms with E-state index in [1.54, 1.807) is 27.2 Å². The third-order valence-corrected chi connectivity index (χ3v) is 7.38. The SMILES string of the molecule is C.Cc1nc(-c2cncc(F)c2)sc1N(C)C(=O)OC(C)(C)C.Cc1nc(Br)sc1N(C)C(=O)OC(C)(C)C. The molecule has 0 N–H and O–H groups in total. The molecule has 3 heterocycles. The largest absolute Gasteiger partial charge is 0.443 e. The van der Waals surface area contributed by atoms with Crippen molar-refractivity contribution in [1.29, 1.82) is 0 Å². The molecule has 0 unspecified atom stereocenters. The maximum absolute atomic E-state index is 13.3. The normalized spacial score (nSPS) is 11.1. The predicted molar refractivity (Wildman–Crippen MR) is 161 cm³/mol. The molecule has 0 aromatic carbocycles. The van der Waals surface area contributed by atoms with Crippen LogP contribution in [0.25, 0.3) is 10.6 Å². The van der Waals surface area contributed by atoms with E-state index in [1.165, 1.54) is 38.5 Å². The summed E-state index contributed by atoms with van der Waals surface area (Å²) in [5.41, 5.74) is 1.01. The second-order valence-electron chi connectivity index (χ2n) is 10.2. The fourth-order valence-electron chi connectivity index (χ4n) is 2.85. The van der Waals surface area contributed by atoms with Crippen molar-refractivity contribution < 1.29 is 23.5 Å². The van der Waals surface area contributed by atoms with Crippen LogP contribution in [-0.4, -0.2) is 52.4 Å². The van der Waals surface area contributed by atoms with Crippen molar-refractivity contribution in [3.8, 4) is 10.6 Å². The summed E-state index contributed by atoms with van der Waals surface area (Å²) in [4.78, 5) is 39.2. The maximum atomic E-state index is 13.3. The van der Waals surface area contributed by atoms with Crippen molar-refractivity contribution in [2.75, 3.05) is 23.9 Å². The van der Waals surface area contributed by atoms with Crippen LogP contribution in [0.4, 0.5) is 24.0 Å². The van der Waals surface area contributed by atoms with Gasteiger partial charge in [-0.25, -0.2) is 23.9 Å². The zero-order chi connectivity index (χ0) is 29.0. The van der Waals surface area contributed by atoms with Crippen LogP contribution >= 0.6 is 38.6 Å². The van der Waals surface area contributed by atoms with E-state index in [9.17, 15) is 14.0 Å². The van der Waals surface area contributed by atoms with Gasteiger partial charge in [0.1, 0.15) is 32.0 Å². The third-order valence-electron chi connectivity index (χ3n) is 4.41. The lowest BCUT2D eigenvalue weighted by atomic mass is 10.2. The molecule has 9 nitrogen and oxygen atoms in total. The van der Waals surface area contributed by atoms with Crippen molar-refractivity contribution in [1.82, 2.24) is 15.0 Å². The first-order valence-electron chi connectivity index (χ1n) is 11.5. The number of carbonyl (C=O) groups excluding carboxylic acids is 2. The highest BCUT2D eigenvalue weighted by Gasteiger charge is 2.25. The summed E-state index contributed by atoms with van der Waals surface area (Å²) in [6, 6.07) is 1.36. The summed E-state index contributed by atoms with van der Waals surface area (Å²) in [6.07, 6.45) is 1.85. The summed E-state index contributed by atoms with van der Waals surface area (Å²) in [5.74, 6) is -0.424. The molecule has 3 rings (SSSR count). The Morgan fingerprint density at radius 2 is 1.33 bits per heavy atom. The molecule has 3 aromatic heterocycles. The summed E-state index contributed by atoms with van der Waals surface area (Å²) >= 11 is 5.99. The lowest BCUT2D eigenvalue weighted by Crippen LogP contribution is -2.34. The standard InChI is InChI=1S/C15H18FN3O2S.C10H15BrN2O2S.CH4/c1-9-13(19(5)14(20)21-15(2,3)4)22-12(18-9)10-6-11(16)8-17-7-10;1-6-7(16-8(11)12-6)13(5)9(14)15-10(2,3)4;/h6-8H,1-5H3;1-5H3;1H4. The fourth-order valence-corrected chi connectivity index (χ4v) is 5.32. The van der Waals surface area contributed by atoms with E-state index in [2.05, 4.69) is 30.9 Å². The number of hydrogen-bond donors (Lipinski definition) is 0. The van der Waals surface area contributed by atoms with E-state index in [4.69, 9.17) is 9.47 Å². The highest BCUT2D eigenvalue weighted by Crippen LogP contribution is 2.34. The van der Waals surface area contributed by atoms with Crippen molar-refractivity contribution >= 4 is 60.8 Å². The van der Waals surface area contributed by atoms with E-state index < -0.39 is 23.1 Å². The first kappa shape index (κ1) is 34.4. The number of anilines is 2. The maximum Gasteiger partial charge on any atom is 0.415 e. The number of aryl methyl sites for hydroxylation is 2. The smallest absolute Gasteiger partial charge is 0.415 e. The number of hydrogen-bond acceptors (Lipinski definition) is 9. The first-order valence-corrected chi connectivity index (χ1v) is 13.9. The second kappa shape index (κ2) is 13.6. The number of aromatic nitrogens is 3. The fraction of sp³-hybridized carbons (Fsp3) is 0.500. The molecular formula is C26H37BrFN5O4S2. The molecule has 3 aromatic rings. The van der Waals surface area contributed by atoms with Gasteiger partial charge in [-0.2, -0.15) is 0 Å². The van der Waals surface area contributed by atoms with Crippen LogP contribution in [0.15, 0.2) is 22.4 Å². The molecule has 2 amide bonds. The van der Waals surface area contributed by atoms with Crippen molar-refractivity contribution in [2.24, 2.45) is 0 Å². The lowest BCUT2D eigenvalue weighted by Gasteiger charge is -2.23. The topological polar surface area (TPSA) is 97.8 Å². The molecular weight excluding hydrogens is 609 g/mol. The highest BCUT2D eigenvalue weighted by molar-refractivity contribution is 9.11. The van der Waals surface area contributed by atoms with Gasteiger partial charge < -0.3 is 9.47 Å². The Balaban J connectivity index is 0.000000399. The molecule has 0 radical (unpaired) electrons. The molecule has 0 saturated carbocycles. The molecule has 0 spiro atoms. The first-order chi connectivity index (χ1) is 17.4. The second-order valence-corrected chi connectivity index (χ2v) is 13.5. The van der Waals surface area contributed by atoms with Crippen molar-refractivity contribution in [2.45, 2.75) is 74.0 Å². The monoisotopic (exact) mass is 645 g/mol. The number of pyridine rings is 1. The van der Waals surface area contributed by atoms with Gasteiger partial charge in [0.2, 0.25) is 0 Å². The van der Waals surface area contributed by atoms with E-state index in [-0.39, 0.29) is 13.5 Å². The van der Waals surface area contributed by atoms with Gasteiger partial charge in [0, 0.05) is 25.9 Å². The number of thiazole rings is 2. The molecule has 0 saturated heterocycles. The average molecular weight is 647 g/mol. The molecule has 0 atom stereocenters. The number of ether oxygens (including phenoxy) is 2. The van der Waals surface area contributed by atoms with Gasteiger partial charge in [-0.15, -0.1) is 0 Å². The summed E-state index contributed by atoms with van der Waals surface area (Å²) in [5, 5.41) is 2.06. The molecule has 0 aliphatic carbocycles. The Morgan fingerprint density at radius 3 is 1.74 bits per heavy atom. The van der Waals surface area contributed by atoms with Crippen molar-refractivity contribution in [3.05, 3.63) is 39.6 Å². The molecule has 216 valence electrons. The summed E-state index contributed by atoms with van der Waals surface area (Å²) < 4.78 is 24.6. The van der Waals surface area contributed by atoms with Gasteiger partial charge >= 0.3 is 12.2 Å². The average Bonchev–Trinajstić information content (AvgIpc) is 3.32. The minimum atomic E-state index is -0.570. The van der Waals surface area contributed by atoms with E-state index in [0.717, 1.165) is 20.8 Å². The van der Waals surface area contributed by atoms with E-state index >= 15 is 0 Å². The van der Waals surface area contributed by atoms with Crippen LogP contribution in [0.5, 0.6) is 0 Å². The van der Waals surface area contributed by atoms with Gasteiger partial charge in [0.25, 0.3) is 0 Å². The van der Waals surface area contributed by atoms with Gasteiger partial charge in [-0.3, -0.25) is 14.8 Å². The molecule has 0 aliphatic heterocycles. The third kappa shape index (κ3) is 10.5. The van der Waals surface area contributed by atoms with Gasteiger partial charge in [-0.1, -0.05) is 30.1 Å². The van der Waals surface area contributed by atoms with Crippen molar-refractivity contribution in [3.63, 3.8) is 0 Å². The zero-order valence-corrected chi connectivity index (χ0v) is 26.4. The minimum absolute atomic E-state index is 0. The Bertz CT molecular complexity index is 1280. The van der Waals surface area contributed by atoms with Crippen LogP contribution in [0.3, 0.4) is 0 Å². The van der Waals surface area contributed by atoms with Crippen LogP contribution in [0, 0.1) is 19.7 Å². The molecule has 0 bridgehead atoms. The molecule has 0 aliphatic rings. The lowest BCUT2D eigenvalue weighted by molar-refractivity contribution is 0.0579. The van der Waals surface area contributed by atoms with E-state index in [1.807, 2.05) is 48.5 Å². The Morgan fingerprint density at radius 1 is 0.872 bits per heavy atom. The number of nitrogens with zero attached hydrogens (tertiary/aromatic N) is 5. The summed E-state index contributed by atoms with van der Waals surface area (Å²) in [7, 11) is 3.31. The Kier molecular flexibility index (Phi) is 12.0. The van der Waals surface area contributed by atoms with Gasteiger partial charge in [0.05, 0.1) is 17.6 Å². The van der Waals surface area contributed by atoms with Gasteiger partial charge in [-0.05, 0) is 77.4 Å². The number of halogens is 2. The highest BCUT2D eigenvalue weighted by atomic mass is 79.9. The number of carbonyl (C=O) groups is 2. The minimum Gasteiger partial charge on any atom is -0.443 e. The number of rotatable bonds is 3. The van der Waals surface area contributed by atoms with Crippen LogP contribution in [0.1, 0.15) is 60.4 Å². The van der Waals surface area contributed by atoms with Crippen LogP contribution in [-0.2, 0) is 9.47 Å². The molecule has 13 heteroatoms. The quantitative estimate of drug-likeness (QED) is 0.283. The molecule has 0 fully saturated rings. The van der Waals surface area contributed by atoms with Gasteiger partial charge in [0.15, 0.2) is 3.92 Å². The van der Waals surface area contributed by atoms with Crippen LogP contribution < -0.4 is 9.80 Å². The Labute approximate surface area is 246 Å². The zero-order valence-electron chi connectivity index (χ0n) is 23.2. The Hall–Kier alpha value is -2.64.